The summed E-state index contributed by atoms with van der Waals surface area (Å²) in [5.74, 6) is -0.851. The van der Waals surface area contributed by atoms with Crippen molar-refractivity contribution < 1.29 is 42.1 Å². The fourth-order valence-electron chi connectivity index (χ4n) is 5.87. The number of unbranched alkanes of at least 4 members (excludes halogenated alkanes) is 17. The maximum absolute atomic E-state index is 12.7. The molecule has 0 amide bonds. The van der Waals surface area contributed by atoms with E-state index in [9.17, 15) is 19.0 Å². The standard InChI is InChI=1S/C48H86NO8P/c1-6-8-10-12-14-16-18-20-22-23-24-25-27-29-31-33-35-37-39-41-48(51)57-46(45-56-58(52,53)55-43-42-49(3,4)5)44-54-47(50)40-38-36-34-32-30-28-26-21-19-17-15-13-11-9-7-2/h14-17,20-22,26,30,32,46H,6-13,18-19,23-25,27-29,31,33-45H2,1-5H3/p+1/b16-14+,17-15+,22-20+,26-21+,32-30+/t46-/m1/s1. The van der Waals surface area contributed by atoms with Crippen molar-refractivity contribution in [3.8, 4) is 0 Å². The quantitative estimate of drug-likeness (QED) is 0.0213. The van der Waals surface area contributed by atoms with Crippen LogP contribution in [0.5, 0.6) is 0 Å². The van der Waals surface area contributed by atoms with Gasteiger partial charge in [-0.05, 0) is 83.5 Å². The first-order valence-corrected chi connectivity index (χ1v) is 24.5. The van der Waals surface area contributed by atoms with Crippen molar-refractivity contribution in [2.24, 2.45) is 0 Å². The smallest absolute Gasteiger partial charge is 0.462 e. The fraction of sp³-hybridized carbons (Fsp3) is 0.750. The molecule has 0 heterocycles. The average molecular weight is 837 g/mol. The zero-order valence-electron chi connectivity index (χ0n) is 37.8. The molecule has 10 heteroatoms. The van der Waals surface area contributed by atoms with Gasteiger partial charge in [0.25, 0.3) is 0 Å². The van der Waals surface area contributed by atoms with Crippen LogP contribution in [0.3, 0.4) is 0 Å². The minimum atomic E-state index is -4.39. The number of likely N-dealkylation sites (N-methyl/N-ethyl adjacent to an activating group) is 1. The van der Waals surface area contributed by atoms with Gasteiger partial charge in [0.15, 0.2) is 6.10 Å². The second-order valence-corrected chi connectivity index (χ2v) is 17.9. The van der Waals surface area contributed by atoms with Crippen molar-refractivity contribution in [2.75, 3.05) is 47.5 Å². The third-order valence-corrected chi connectivity index (χ3v) is 10.5. The van der Waals surface area contributed by atoms with Gasteiger partial charge in [-0.1, -0.05) is 145 Å². The Morgan fingerprint density at radius 3 is 1.41 bits per heavy atom. The van der Waals surface area contributed by atoms with Gasteiger partial charge in [0.2, 0.25) is 0 Å². The molecule has 0 aliphatic carbocycles. The average Bonchev–Trinajstić information content (AvgIpc) is 3.17. The van der Waals surface area contributed by atoms with Gasteiger partial charge in [-0.3, -0.25) is 18.6 Å². The molecule has 0 aliphatic heterocycles. The van der Waals surface area contributed by atoms with Crippen LogP contribution in [-0.4, -0.2) is 74.9 Å². The number of carbonyl (C=O) groups is 2. The Labute approximate surface area is 356 Å². The molecule has 1 N–H and O–H groups in total. The SMILES string of the molecule is CCCCC/C=C/C/C=C/C/C=C/CCCCC(=O)OC[C@H](COP(=O)(O)OCC[N+](C)(C)C)OC(=O)CCCCCCCCCCC/C=C/C/C=C/CCCCC. The summed E-state index contributed by atoms with van der Waals surface area (Å²) in [5.41, 5.74) is 0. The van der Waals surface area contributed by atoms with Gasteiger partial charge in [0, 0.05) is 12.8 Å². The van der Waals surface area contributed by atoms with Gasteiger partial charge in [-0.2, -0.15) is 0 Å². The summed E-state index contributed by atoms with van der Waals surface area (Å²) in [6.45, 7) is 4.31. The maximum Gasteiger partial charge on any atom is 0.472 e. The summed E-state index contributed by atoms with van der Waals surface area (Å²) in [7, 11) is 1.45. The molecule has 2 atom stereocenters. The summed E-state index contributed by atoms with van der Waals surface area (Å²) < 4.78 is 34.3. The first-order chi connectivity index (χ1) is 28.0. The highest BCUT2D eigenvalue weighted by Gasteiger charge is 2.27. The summed E-state index contributed by atoms with van der Waals surface area (Å²) in [4.78, 5) is 35.4. The number of quaternary nitrogens is 1. The van der Waals surface area contributed by atoms with E-state index in [1.165, 1.54) is 77.0 Å². The summed E-state index contributed by atoms with van der Waals surface area (Å²) in [6, 6.07) is 0. The molecule has 0 aliphatic rings. The summed E-state index contributed by atoms with van der Waals surface area (Å²) in [6.07, 6.45) is 48.4. The number of nitrogens with zero attached hydrogens (tertiary/aromatic N) is 1. The van der Waals surface area contributed by atoms with Gasteiger partial charge in [-0.25, -0.2) is 4.57 Å². The van der Waals surface area contributed by atoms with Crippen molar-refractivity contribution in [1.82, 2.24) is 0 Å². The molecule has 0 spiro atoms. The Hall–Kier alpha value is -2.29. The lowest BCUT2D eigenvalue weighted by Gasteiger charge is -2.24. The number of hydrogen-bond donors (Lipinski definition) is 1. The highest BCUT2D eigenvalue weighted by atomic mass is 31.2. The Morgan fingerprint density at radius 2 is 0.931 bits per heavy atom. The topological polar surface area (TPSA) is 108 Å². The van der Waals surface area contributed by atoms with E-state index in [0.29, 0.717) is 23.9 Å². The summed E-state index contributed by atoms with van der Waals surface area (Å²) >= 11 is 0. The highest BCUT2D eigenvalue weighted by Crippen LogP contribution is 2.43. The molecule has 9 nitrogen and oxygen atoms in total. The zero-order chi connectivity index (χ0) is 42.8. The number of carbonyl (C=O) groups excluding carboxylic acids is 2. The summed E-state index contributed by atoms with van der Waals surface area (Å²) in [5, 5.41) is 0. The number of esters is 2. The van der Waals surface area contributed by atoms with E-state index in [1.807, 2.05) is 21.1 Å². The van der Waals surface area contributed by atoms with E-state index in [-0.39, 0.29) is 26.1 Å². The molecule has 0 aromatic rings. The van der Waals surface area contributed by atoms with E-state index in [1.54, 1.807) is 0 Å². The molecular formula is C48H87NO8P+. The van der Waals surface area contributed by atoms with E-state index in [4.69, 9.17) is 18.5 Å². The maximum atomic E-state index is 12.7. The predicted octanol–water partition coefficient (Wildman–Crippen LogP) is 13.2. The molecule has 0 saturated carbocycles. The highest BCUT2D eigenvalue weighted by molar-refractivity contribution is 7.47. The Morgan fingerprint density at radius 1 is 0.534 bits per heavy atom. The second kappa shape index (κ2) is 40.1. The van der Waals surface area contributed by atoms with Crippen molar-refractivity contribution in [2.45, 2.75) is 187 Å². The Balaban J connectivity index is 4.39. The van der Waals surface area contributed by atoms with Crippen LogP contribution < -0.4 is 0 Å². The van der Waals surface area contributed by atoms with Crippen LogP contribution in [0.15, 0.2) is 60.8 Å². The fourth-order valence-corrected chi connectivity index (χ4v) is 6.61. The normalized spacial score (nSPS) is 14.1. The largest absolute Gasteiger partial charge is 0.472 e. The molecule has 1 unspecified atom stereocenters. The number of ether oxygens (including phenoxy) is 2. The van der Waals surface area contributed by atoms with Crippen molar-refractivity contribution in [3.05, 3.63) is 60.8 Å². The van der Waals surface area contributed by atoms with E-state index in [0.717, 1.165) is 64.2 Å². The van der Waals surface area contributed by atoms with Gasteiger partial charge < -0.3 is 18.9 Å². The Kier molecular flexibility index (Phi) is 38.5. The third-order valence-electron chi connectivity index (χ3n) is 9.52. The number of rotatable bonds is 41. The second-order valence-electron chi connectivity index (χ2n) is 16.4. The zero-order valence-corrected chi connectivity index (χ0v) is 38.7. The van der Waals surface area contributed by atoms with E-state index in [2.05, 4.69) is 74.6 Å². The number of phosphoric acid groups is 1. The van der Waals surface area contributed by atoms with Crippen LogP contribution >= 0.6 is 7.82 Å². The van der Waals surface area contributed by atoms with E-state index < -0.39 is 32.5 Å². The lowest BCUT2D eigenvalue weighted by molar-refractivity contribution is -0.870. The van der Waals surface area contributed by atoms with Crippen LogP contribution in [0.25, 0.3) is 0 Å². The van der Waals surface area contributed by atoms with Crippen molar-refractivity contribution in [3.63, 3.8) is 0 Å². The van der Waals surface area contributed by atoms with Crippen LogP contribution in [0.2, 0.25) is 0 Å². The molecular weight excluding hydrogens is 750 g/mol. The first-order valence-electron chi connectivity index (χ1n) is 23.0. The molecule has 0 bridgehead atoms. The number of phosphoric ester groups is 1. The van der Waals surface area contributed by atoms with Crippen LogP contribution in [0, 0.1) is 0 Å². The van der Waals surface area contributed by atoms with Gasteiger partial charge in [0.05, 0.1) is 27.7 Å². The van der Waals surface area contributed by atoms with E-state index >= 15 is 0 Å². The molecule has 0 saturated heterocycles. The number of allylic oxidation sites excluding steroid dienone is 10. The van der Waals surface area contributed by atoms with Crippen LogP contribution in [0.1, 0.15) is 181 Å². The Bertz CT molecular complexity index is 1170. The van der Waals surface area contributed by atoms with Gasteiger partial charge in [0.1, 0.15) is 19.8 Å². The van der Waals surface area contributed by atoms with Crippen molar-refractivity contribution in [1.29, 1.82) is 0 Å². The monoisotopic (exact) mass is 837 g/mol. The molecule has 0 aromatic heterocycles. The first kappa shape index (κ1) is 55.7. The molecule has 0 aromatic carbocycles. The molecule has 58 heavy (non-hydrogen) atoms. The van der Waals surface area contributed by atoms with Gasteiger partial charge >= 0.3 is 19.8 Å². The minimum absolute atomic E-state index is 0.0224. The van der Waals surface area contributed by atoms with Crippen LogP contribution in [0.4, 0.5) is 0 Å². The van der Waals surface area contributed by atoms with Crippen LogP contribution in [-0.2, 0) is 32.7 Å². The minimum Gasteiger partial charge on any atom is -0.462 e. The molecule has 0 radical (unpaired) electrons. The lowest BCUT2D eigenvalue weighted by atomic mass is 10.1. The molecule has 0 rings (SSSR count). The lowest BCUT2D eigenvalue weighted by Crippen LogP contribution is -2.37. The number of hydrogen-bond acceptors (Lipinski definition) is 7. The molecule has 0 fully saturated rings. The molecule has 336 valence electrons. The predicted molar refractivity (Wildman–Crippen MR) is 243 cm³/mol. The third kappa shape index (κ3) is 43.3. The van der Waals surface area contributed by atoms with Gasteiger partial charge in [-0.15, -0.1) is 0 Å². The van der Waals surface area contributed by atoms with Crippen molar-refractivity contribution >= 4 is 19.8 Å².